The Kier molecular flexibility index (Phi) is 6.25. The first-order valence-corrected chi connectivity index (χ1v) is 8.05. The predicted octanol–water partition coefficient (Wildman–Crippen LogP) is 4.30. The van der Waals surface area contributed by atoms with Crippen LogP contribution in [0.3, 0.4) is 0 Å². The Balaban J connectivity index is 1.97. The van der Waals surface area contributed by atoms with E-state index in [2.05, 4.69) is 0 Å². The monoisotopic (exact) mass is 373 g/mol. The van der Waals surface area contributed by atoms with Gasteiger partial charge in [0.15, 0.2) is 12.4 Å². The minimum atomic E-state index is -0.722. The van der Waals surface area contributed by atoms with E-state index in [1.165, 1.54) is 24.3 Å². The topological polar surface area (TPSA) is 86.5 Å². The third-order valence-corrected chi connectivity index (χ3v) is 4.07. The maximum atomic E-state index is 12.1. The lowest BCUT2D eigenvalue weighted by molar-refractivity contribution is -0.384. The summed E-state index contributed by atoms with van der Waals surface area (Å²) < 4.78 is 4.92. The molecule has 0 saturated heterocycles. The van der Waals surface area contributed by atoms with Crippen molar-refractivity contribution >= 4 is 35.1 Å². The Morgan fingerprint density at radius 2 is 1.88 bits per heavy atom. The number of esters is 1. The zero-order valence-corrected chi connectivity index (χ0v) is 14.9. The van der Waals surface area contributed by atoms with Crippen LogP contribution >= 0.6 is 11.6 Å². The minimum Gasteiger partial charge on any atom is -0.454 e. The summed E-state index contributed by atoms with van der Waals surface area (Å²) in [5, 5.41) is 10.8. The maximum absolute atomic E-state index is 12.1. The van der Waals surface area contributed by atoms with Crippen molar-refractivity contribution in [3.63, 3.8) is 0 Å². The number of nitrogens with zero attached hydrogens (tertiary/aromatic N) is 1. The van der Waals surface area contributed by atoms with Crippen LogP contribution in [0.2, 0.25) is 5.02 Å². The lowest BCUT2D eigenvalue weighted by atomic mass is 10.0. The highest BCUT2D eigenvalue weighted by molar-refractivity contribution is 6.32. The number of rotatable bonds is 6. The van der Waals surface area contributed by atoms with Gasteiger partial charge in [-0.05, 0) is 48.7 Å². The van der Waals surface area contributed by atoms with Crippen LogP contribution in [-0.2, 0) is 9.53 Å². The number of halogens is 1. The summed E-state index contributed by atoms with van der Waals surface area (Å²) in [6, 6.07) is 9.40. The molecule has 2 aromatic rings. The van der Waals surface area contributed by atoms with Crippen LogP contribution in [0, 0.1) is 24.0 Å². The number of ether oxygens (including phenoxy) is 1. The van der Waals surface area contributed by atoms with Crippen LogP contribution in [0.4, 0.5) is 5.69 Å². The number of nitro groups is 1. The minimum absolute atomic E-state index is 0.00807. The lowest BCUT2D eigenvalue weighted by Crippen LogP contribution is -2.12. The number of hydrogen-bond acceptors (Lipinski definition) is 5. The number of carbonyl (C=O) groups excluding carboxylic acids is 2. The fraction of sp³-hybridized carbons (Fsp3) is 0.158. The molecule has 0 aromatic heterocycles. The fourth-order valence-electron chi connectivity index (χ4n) is 2.12. The Morgan fingerprint density at radius 3 is 2.54 bits per heavy atom. The van der Waals surface area contributed by atoms with Crippen molar-refractivity contribution in [3.05, 3.63) is 79.9 Å². The lowest BCUT2D eigenvalue weighted by Gasteiger charge is -2.05. The smallest absolute Gasteiger partial charge is 0.331 e. The molecule has 0 aliphatic carbocycles. The van der Waals surface area contributed by atoms with Crippen molar-refractivity contribution in [2.75, 3.05) is 6.61 Å². The summed E-state index contributed by atoms with van der Waals surface area (Å²) in [6.07, 6.45) is 2.45. The van der Waals surface area contributed by atoms with E-state index < -0.39 is 10.9 Å². The quantitative estimate of drug-likeness (QED) is 0.247. The van der Waals surface area contributed by atoms with Crippen LogP contribution in [0.15, 0.2) is 42.5 Å². The summed E-state index contributed by atoms with van der Waals surface area (Å²) in [6.45, 7) is 3.45. The van der Waals surface area contributed by atoms with Gasteiger partial charge in [-0.3, -0.25) is 14.9 Å². The molecule has 6 nitrogen and oxygen atoms in total. The van der Waals surface area contributed by atoms with Gasteiger partial charge in [-0.2, -0.15) is 0 Å². The first-order valence-electron chi connectivity index (χ1n) is 7.67. The van der Waals surface area contributed by atoms with Crippen LogP contribution in [0.5, 0.6) is 0 Å². The number of hydrogen-bond donors (Lipinski definition) is 0. The number of nitro benzene ring substituents is 1. The molecule has 0 heterocycles. The Bertz CT molecular complexity index is 905. The molecule has 0 bridgehead atoms. The van der Waals surface area contributed by atoms with E-state index >= 15 is 0 Å². The van der Waals surface area contributed by atoms with Crippen LogP contribution in [-0.4, -0.2) is 23.3 Å². The number of Topliss-reactive ketones (excluding diaryl/α,β-unsaturated/α-hetero) is 1. The summed E-state index contributed by atoms with van der Waals surface area (Å²) in [5.74, 6) is -1.03. The molecule has 26 heavy (non-hydrogen) atoms. The zero-order chi connectivity index (χ0) is 19.3. The second-order valence-electron chi connectivity index (χ2n) is 5.63. The van der Waals surface area contributed by atoms with Crippen molar-refractivity contribution in [3.8, 4) is 0 Å². The first kappa shape index (κ1) is 19.3. The van der Waals surface area contributed by atoms with Gasteiger partial charge in [-0.15, -0.1) is 0 Å². The number of benzene rings is 2. The van der Waals surface area contributed by atoms with E-state index in [0.29, 0.717) is 11.1 Å². The fourth-order valence-corrected chi connectivity index (χ4v) is 2.31. The normalized spacial score (nSPS) is 10.7. The zero-order valence-electron chi connectivity index (χ0n) is 14.2. The molecule has 0 N–H and O–H groups in total. The Morgan fingerprint density at radius 1 is 1.15 bits per heavy atom. The third kappa shape index (κ3) is 5.00. The van der Waals surface area contributed by atoms with Gasteiger partial charge in [0.25, 0.3) is 5.69 Å². The van der Waals surface area contributed by atoms with Crippen molar-refractivity contribution in [1.29, 1.82) is 0 Å². The molecule has 2 rings (SSSR count). The van der Waals surface area contributed by atoms with Crippen molar-refractivity contribution in [2.45, 2.75) is 13.8 Å². The van der Waals surface area contributed by atoms with Crippen LogP contribution < -0.4 is 0 Å². The van der Waals surface area contributed by atoms with E-state index in [1.807, 2.05) is 19.9 Å². The first-order chi connectivity index (χ1) is 12.3. The van der Waals surface area contributed by atoms with Gasteiger partial charge in [-0.1, -0.05) is 29.8 Å². The SMILES string of the molecule is Cc1ccc(C(=O)COC(=O)/C=C/c2ccc(Cl)c([N+](=O)[O-])c2)cc1C. The number of ketones is 1. The highest BCUT2D eigenvalue weighted by Gasteiger charge is 2.12. The molecule has 0 fully saturated rings. The highest BCUT2D eigenvalue weighted by Crippen LogP contribution is 2.25. The van der Waals surface area contributed by atoms with Gasteiger partial charge >= 0.3 is 5.97 Å². The van der Waals surface area contributed by atoms with Crippen molar-refractivity contribution < 1.29 is 19.2 Å². The molecule has 0 unspecified atom stereocenters. The van der Waals surface area contributed by atoms with E-state index in [1.54, 1.807) is 12.1 Å². The van der Waals surface area contributed by atoms with E-state index in [4.69, 9.17) is 16.3 Å². The molecule has 2 aromatic carbocycles. The van der Waals surface area contributed by atoms with E-state index in [9.17, 15) is 19.7 Å². The molecule has 0 radical (unpaired) electrons. The molecule has 0 spiro atoms. The molecular weight excluding hydrogens is 358 g/mol. The molecule has 0 aliphatic rings. The predicted molar refractivity (Wildman–Crippen MR) is 98.3 cm³/mol. The molecule has 0 aliphatic heterocycles. The van der Waals surface area contributed by atoms with Gasteiger partial charge in [0, 0.05) is 17.7 Å². The molecule has 7 heteroatoms. The van der Waals surface area contributed by atoms with E-state index in [-0.39, 0.29) is 23.1 Å². The molecule has 0 saturated carbocycles. The second kappa shape index (κ2) is 8.40. The summed E-state index contributed by atoms with van der Waals surface area (Å²) >= 11 is 5.72. The molecular formula is C19H16ClNO5. The Labute approximate surface area is 155 Å². The van der Waals surface area contributed by atoms with E-state index in [0.717, 1.165) is 17.2 Å². The number of carbonyl (C=O) groups is 2. The maximum Gasteiger partial charge on any atom is 0.331 e. The molecule has 134 valence electrons. The summed E-state index contributed by atoms with van der Waals surface area (Å²) in [5.41, 5.74) is 2.67. The van der Waals surface area contributed by atoms with Crippen molar-refractivity contribution in [1.82, 2.24) is 0 Å². The van der Waals surface area contributed by atoms with Gasteiger partial charge in [-0.25, -0.2) is 4.79 Å². The third-order valence-electron chi connectivity index (χ3n) is 3.75. The molecule has 0 atom stereocenters. The van der Waals surface area contributed by atoms with Gasteiger partial charge in [0.2, 0.25) is 0 Å². The van der Waals surface area contributed by atoms with Crippen LogP contribution in [0.25, 0.3) is 6.08 Å². The standard InChI is InChI=1S/C19H16ClNO5/c1-12-3-6-15(9-13(12)2)18(22)11-26-19(23)8-5-14-4-7-16(20)17(10-14)21(24)25/h3-10H,11H2,1-2H3/b8-5+. The Hall–Kier alpha value is -2.99. The second-order valence-corrected chi connectivity index (χ2v) is 6.04. The number of aryl methyl sites for hydroxylation is 2. The van der Waals surface area contributed by atoms with Gasteiger partial charge in [0.05, 0.1) is 4.92 Å². The largest absolute Gasteiger partial charge is 0.454 e. The summed E-state index contributed by atoms with van der Waals surface area (Å²) in [7, 11) is 0. The van der Waals surface area contributed by atoms with Gasteiger partial charge in [0.1, 0.15) is 5.02 Å². The average molecular weight is 374 g/mol. The average Bonchev–Trinajstić information content (AvgIpc) is 2.61. The summed E-state index contributed by atoms with van der Waals surface area (Å²) in [4.78, 5) is 34.0. The van der Waals surface area contributed by atoms with Crippen LogP contribution in [0.1, 0.15) is 27.0 Å². The van der Waals surface area contributed by atoms with Crippen molar-refractivity contribution in [2.24, 2.45) is 0 Å². The highest BCUT2D eigenvalue weighted by atomic mass is 35.5. The molecule has 0 amide bonds. The van der Waals surface area contributed by atoms with Gasteiger partial charge < -0.3 is 4.74 Å².